The highest BCUT2D eigenvalue weighted by Crippen LogP contribution is 2.16. The van der Waals surface area contributed by atoms with Crippen LogP contribution < -0.4 is 5.32 Å². The molecule has 1 aromatic carbocycles. The first-order chi connectivity index (χ1) is 9.04. The SMILES string of the molecule is CS(=O)(=O)CC(NCc1ccsc1)c1ccccc1. The first-order valence-corrected chi connectivity index (χ1v) is 9.02. The second-order valence-electron chi connectivity index (χ2n) is 4.57. The van der Waals surface area contributed by atoms with Gasteiger partial charge in [-0.15, -0.1) is 0 Å². The Morgan fingerprint density at radius 2 is 1.95 bits per heavy atom. The summed E-state index contributed by atoms with van der Waals surface area (Å²) in [5, 5.41) is 7.41. The second kappa shape index (κ2) is 6.32. The van der Waals surface area contributed by atoms with Crippen molar-refractivity contribution in [1.82, 2.24) is 5.32 Å². The van der Waals surface area contributed by atoms with Crippen LogP contribution >= 0.6 is 11.3 Å². The van der Waals surface area contributed by atoms with E-state index >= 15 is 0 Å². The van der Waals surface area contributed by atoms with Gasteiger partial charge in [-0.2, -0.15) is 11.3 Å². The van der Waals surface area contributed by atoms with E-state index in [4.69, 9.17) is 0 Å². The Morgan fingerprint density at radius 1 is 1.21 bits per heavy atom. The summed E-state index contributed by atoms with van der Waals surface area (Å²) in [6.07, 6.45) is 1.27. The van der Waals surface area contributed by atoms with Crippen molar-refractivity contribution in [2.45, 2.75) is 12.6 Å². The molecule has 0 radical (unpaired) electrons. The van der Waals surface area contributed by atoms with Gasteiger partial charge in [0.1, 0.15) is 9.84 Å². The third-order valence-electron chi connectivity index (χ3n) is 2.80. The number of sulfone groups is 1. The second-order valence-corrected chi connectivity index (χ2v) is 7.53. The average Bonchev–Trinajstić information content (AvgIpc) is 2.87. The zero-order valence-electron chi connectivity index (χ0n) is 10.7. The Balaban J connectivity index is 2.10. The van der Waals surface area contributed by atoms with Gasteiger partial charge in [0.25, 0.3) is 0 Å². The number of benzene rings is 1. The summed E-state index contributed by atoms with van der Waals surface area (Å²) in [7, 11) is -3.02. The lowest BCUT2D eigenvalue weighted by Gasteiger charge is -2.18. The van der Waals surface area contributed by atoms with Crippen LogP contribution in [0.3, 0.4) is 0 Å². The van der Waals surface area contributed by atoms with Gasteiger partial charge in [0.15, 0.2) is 0 Å². The summed E-state index contributed by atoms with van der Waals surface area (Å²) < 4.78 is 23.1. The van der Waals surface area contributed by atoms with E-state index in [0.717, 1.165) is 5.56 Å². The highest BCUT2D eigenvalue weighted by atomic mass is 32.2. The van der Waals surface area contributed by atoms with Crippen molar-refractivity contribution in [1.29, 1.82) is 0 Å². The summed E-state index contributed by atoms with van der Waals surface area (Å²) in [5.74, 6) is 0.112. The van der Waals surface area contributed by atoms with Crippen LogP contribution in [0.15, 0.2) is 47.2 Å². The predicted octanol–water partition coefficient (Wildman–Crippen LogP) is 2.62. The van der Waals surface area contributed by atoms with E-state index in [1.165, 1.54) is 11.8 Å². The van der Waals surface area contributed by atoms with Crippen molar-refractivity contribution in [2.24, 2.45) is 0 Å². The normalized spacial score (nSPS) is 13.3. The Labute approximate surface area is 118 Å². The molecule has 19 heavy (non-hydrogen) atoms. The first kappa shape index (κ1) is 14.2. The minimum Gasteiger partial charge on any atom is -0.305 e. The number of nitrogens with one attached hydrogen (secondary N) is 1. The monoisotopic (exact) mass is 295 g/mol. The number of hydrogen-bond donors (Lipinski definition) is 1. The Kier molecular flexibility index (Phi) is 4.74. The van der Waals surface area contributed by atoms with Crippen LogP contribution in [0.4, 0.5) is 0 Å². The Bertz CT molecular complexity index is 592. The molecule has 0 saturated carbocycles. The molecular weight excluding hydrogens is 278 g/mol. The van der Waals surface area contributed by atoms with Crippen molar-refractivity contribution >= 4 is 21.2 Å². The van der Waals surface area contributed by atoms with Crippen LogP contribution in [0, 0.1) is 0 Å². The highest BCUT2D eigenvalue weighted by Gasteiger charge is 2.16. The highest BCUT2D eigenvalue weighted by molar-refractivity contribution is 7.90. The molecule has 102 valence electrons. The molecule has 1 aromatic heterocycles. The lowest BCUT2D eigenvalue weighted by atomic mass is 10.1. The van der Waals surface area contributed by atoms with Crippen LogP contribution in [-0.2, 0) is 16.4 Å². The molecule has 3 nitrogen and oxygen atoms in total. The topological polar surface area (TPSA) is 46.2 Å². The Morgan fingerprint density at radius 3 is 2.53 bits per heavy atom. The summed E-state index contributed by atoms with van der Waals surface area (Å²) in [6.45, 7) is 0.679. The van der Waals surface area contributed by atoms with Gasteiger partial charge in [-0.25, -0.2) is 8.42 Å². The van der Waals surface area contributed by atoms with Crippen LogP contribution in [0.2, 0.25) is 0 Å². The van der Waals surface area contributed by atoms with Gasteiger partial charge in [-0.1, -0.05) is 30.3 Å². The molecule has 0 spiro atoms. The largest absolute Gasteiger partial charge is 0.305 e. The fraction of sp³-hybridized carbons (Fsp3) is 0.286. The standard InChI is InChI=1S/C14H17NO2S2/c1-19(16,17)11-14(13-5-3-2-4-6-13)15-9-12-7-8-18-10-12/h2-8,10,14-15H,9,11H2,1H3. The van der Waals surface area contributed by atoms with Crippen LogP contribution in [0.1, 0.15) is 17.2 Å². The molecule has 1 unspecified atom stereocenters. The van der Waals surface area contributed by atoms with Crippen molar-refractivity contribution in [3.05, 3.63) is 58.3 Å². The minimum atomic E-state index is -3.02. The average molecular weight is 295 g/mol. The van der Waals surface area contributed by atoms with Crippen LogP contribution in [-0.4, -0.2) is 20.4 Å². The zero-order chi connectivity index (χ0) is 13.7. The summed E-state index contributed by atoms with van der Waals surface area (Å²) in [5.41, 5.74) is 2.18. The molecule has 0 saturated heterocycles. The predicted molar refractivity (Wildman–Crippen MR) is 80.1 cm³/mol. The molecule has 0 fully saturated rings. The van der Waals surface area contributed by atoms with Gasteiger partial charge in [0, 0.05) is 18.8 Å². The third-order valence-corrected chi connectivity index (χ3v) is 4.47. The fourth-order valence-electron chi connectivity index (χ4n) is 1.90. The molecule has 5 heteroatoms. The lowest BCUT2D eigenvalue weighted by molar-refractivity contribution is 0.551. The van der Waals surface area contributed by atoms with Crippen molar-refractivity contribution < 1.29 is 8.42 Å². The molecule has 0 aliphatic rings. The van der Waals surface area contributed by atoms with E-state index in [2.05, 4.69) is 10.7 Å². The summed E-state index contributed by atoms with van der Waals surface area (Å²) in [6, 6.07) is 11.6. The van der Waals surface area contributed by atoms with Crippen molar-refractivity contribution in [2.75, 3.05) is 12.0 Å². The first-order valence-electron chi connectivity index (χ1n) is 6.02. The third kappa shape index (κ3) is 4.78. The van der Waals surface area contributed by atoms with E-state index in [1.807, 2.05) is 41.8 Å². The molecular formula is C14H17NO2S2. The van der Waals surface area contributed by atoms with E-state index in [-0.39, 0.29) is 11.8 Å². The maximum atomic E-state index is 11.5. The van der Waals surface area contributed by atoms with Gasteiger partial charge in [-0.3, -0.25) is 0 Å². The molecule has 0 aliphatic carbocycles. The quantitative estimate of drug-likeness (QED) is 0.891. The molecule has 0 aliphatic heterocycles. The van der Waals surface area contributed by atoms with Crippen LogP contribution in [0.25, 0.3) is 0 Å². The van der Waals surface area contributed by atoms with E-state index in [9.17, 15) is 8.42 Å². The van der Waals surface area contributed by atoms with E-state index in [0.29, 0.717) is 6.54 Å². The van der Waals surface area contributed by atoms with Gasteiger partial charge >= 0.3 is 0 Å². The van der Waals surface area contributed by atoms with Crippen molar-refractivity contribution in [3.63, 3.8) is 0 Å². The molecule has 1 atom stereocenters. The molecule has 2 aromatic rings. The van der Waals surface area contributed by atoms with Gasteiger partial charge in [0.05, 0.1) is 5.75 Å². The number of thiophene rings is 1. The summed E-state index contributed by atoms with van der Waals surface area (Å²) in [4.78, 5) is 0. The lowest BCUT2D eigenvalue weighted by Crippen LogP contribution is -2.27. The maximum Gasteiger partial charge on any atom is 0.149 e. The van der Waals surface area contributed by atoms with Gasteiger partial charge < -0.3 is 5.32 Å². The molecule has 0 amide bonds. The Hall–Kier alpha value is -1.17. The molecule has 1 N–H and O–H groups in total. The van der Waals surface area contributed by atoms with E-state index < -0.39 is 9.84 Å². The zero-order valence-corrected chi connectivity index (χ0v) is 12.4. The molecule has 1 heterocycles. The smallest absolute Gasteiger partial charge is 0.149 e. The molecule has 0 bridgehead atoms. The number of rotatable bonds is 6. The van der Waals surface area contributed by atoms with Crippen molar-refractivity contribution in [3.8, 4) is 0 Å². The molecule has 2 rings (SSSR count). The van der Waals surface area contributed by atoms with Gasteiger partial charge in [0.2, 0.25) is 0 Å². The summed E-state index contributed by atoms with van der Waals surface area (Å²) >= 11 is 1.64. The van der Waals surface area contributed by atoms with Gasteiger partial charge in [-0.05, 0) is 28.0 Å². The van der Waals surface area contributed by atoms with Crippen LogP contribution in [0.5, 0.6) is 0 Å². The number of hydrogen-bond acceptors (Lipinski definition) is 4. The maximum absolute atomic E-state index is 11.5. The minimum absolute atomic E-state index is 0.112. The van der Waals surface area contributed by atoms with E-state index in [1.54, 1.807) is 11.3 Å². The fourth-order valence-corrected chi connectivity index (χ4v) is 3.48.